The summed E-state index contributed by atoms with van der Waals surface area (Å²) in [6.45, 7) is 0.205. The number of aliphatic hydroxyl groups is 1. The van der Waals surface area contributed by atoms with Crippen LogP contribution in [-0.4, -0.2) is 46.5 Å². The first-order chi connectivity index (χ1) is 11.3. The average Bonchev–Trinajstić information content (AvgIpc) is 2.53. The molecule has 1 aromatic rings. The van der Waals surface area contributed by atoms with Crippen LogP contribution in [0.5, 0.6) is 0 Å². The molecule has 0 heterocycles. The highest BCUT2D eigenvalue weighted by Gasteiger charge is 2.17. The number of aliphatic carboxylic acids is 1. The summed E-state index contributed by atoms with van der Waals surface area (Å²) >= 11 is 0. The van der Waals surface area contributed by atoms with Crippen LogP contribution in [0.15, 0.2) is 24.3 Å². The Morgan fingerprint density at radius 1 is 1.17 bits per heavy atom. The first kappa shape index (κ1) is 19.1. The van der Waals surface area contributed by atoms with Gasteiger partial charge in [0.2, 0.25) is 5.78 Å². The smallest absolute Gasteiger partial charge is 0.303 e. The van der Waals surface area contributed by atoms with Crippen LogP contribution in [0.2, 0.25) is 0 Å². The number of Topliss-reactive ketones (excluding diaryl/α,β-unsaturated/α-hetero) is 1. The molecule has 24 heavy (non-hydrogen) atoms. The number of carboxylic acid groups (broad SMARTS) is 1. The molecule has 0 bridgehead atoms. The molecule has 0 aromatic heterocycles. The average molecular weight is 336 g/mol. The van der Waals surface area contributed by atoms with Crippen LogP contribution < -0.4 is 16.4 Å². The molecule has 1 amide bonds. The molecule has 0 radical (unpaired) electrons. The van der Waals surface area contributed by atoms with Gasteiger partial charge in [-0.05, 0) is 24.3 Å². The number of carbonyl (C=O) groups excluding carboxylic acids is 2. The van der Waals surface area contributed by atoms with Gasteiger partial charge in [0.05, 0.1) is 0 Å². The number of carbonyl (C=O) groups is 3. The zero-order valence-corrected chi connectivity index (χ0v) is 12.9. The van der Waals surface area contributed by atoms with Gasteiger partial charge in [-0.2, -0.15) is 0 Å². The Bertz CT molecular complexity index is 615. The van der Waals surface area contributed by atoms with Crippen molar-refractivity contribution in [1.29, 1.82) is 5.41 Å². The summed E-state index contributed by atoms with van der Waals surface area (Å²) in [4.78, 5) is 33.5. The highest BCUT2D eigenvalue weighted by Crippen LogP contribution is 2.09. The van der Waals surface area contributed by atoms with Crippen LogP contribution in [0.4, 0.5) is 5.69 Å². The summed E-state index contributed by atoms with van der Waals surface area (Å²) in [5.41, 5.74) is 6.61. The summed E-state index contributed by atoms with van der Waals surface area (Å²) in [7, 11) is 0. The number of aliphatic hydroxyl groups excluding tert-OH is 1. The highest BCUT2D eigenvalue weighted by atomic mass is 16.4. The minimum absolute atomic E-state index is 0.0464. The number of carboxylic acids is 1. The van der Waals surface area contributed by atoms with Gasteiger partial charge in [-0.3, -0.25) is 19.8 Å². The van der Waals surface area contributed by atoms with Crippen molar-refractivity contribution in [3.05, 3.63) is 29.8 Å². The molecule has 0 aliphatic carbocycles. The van der Waals surface area contributed by atoms with Crippen LogP contribution in [0.25, 0.3) is 0 Å². The lowest BCUT2D eigenvalue weighted by molar-refractivity contribution is -0.141. The number of rotatable bonds is 10. The molecule has 9 heteroatoms. The van der Waals surface area contributed by atoms with E-state index < -0.39 is 23.9 Å². The number of amides is 1. The van der Waals surface area contributed by atoms with Crippen molar-refractivity contribution in [1.82, 2.24) is 5.32 Å². The van der Waals surface area contributed by atoms with Crippen molar-refractivity contribution in [2.45, 2.75) is 25.5 Å². The van der Waals surface area contributed by atoms with E-state index in [2.05, 4.69) is 5.32 Å². The zero-order valence-electron chi connectivity index (χ0n) is 12.9. The van der Waals surface area contributed by atoms with E-state index in [1.807, 2.05) is 5.32 Å². The van der Waals surface area contributed by atoms with Gasteiger partial charge in [-0.25, -0.2) is 0 Å². The van der Waals surface area contributed by atoms with Crippen LogP contribution in [0.1, 0.15) is 24.8 Å². The van der Waals surface area contributed by atoms with Crippen molar-refractivity contribution in [2.75, 3.05) is 11.9 Å². The van der Waals surface area contributed by atoms with Gasteiger partial charge in [0.1, 0.15) is 12.1 Å². The SMILES string of the molecule is N=C(N)c1ccc(NCCC(=O)C(=O)N[C@@H](O)CCC(=O)O)cc1. The van der Waals surface area contributed by atoms with Gasteiger partial charge in [0, 0.05) is 37.1 Å². The molecule has 1 rings (SSSR count). The molecule has 7 N–H and O–H groups in total. The third-order valence-electron chi connectivity index (χ3n) is 3.06. The zero-order chi connectivity index (χ0) is 18.1. The van der Waals surface area contributed by atoms with Crippen molar-refractivity contribution in [2.24, 2.45) is 5.73 Å². The van der Waals surface area contributed by atoms with Gasteiger partial charge < -0.3 is 26.6 Å². The summed E-state index contributed by atoms with van der Waals surface area (Å²) in [5, 5.41) is 30.1. The second kappa shape index (κ2) is 9.26. The van der Waals surface area contributed by atoms with Gasteiger partial charge in [0.25, 0.3) is 5.91 Å². The lowest BCUT2D eigenvalue weighted by Gasteiger charge is -2.11. The van der Waals surface area contributed by atoms with Crippen molar-refractivity contribution in [3.63, 3.8) is 0 Å². The highest BCUT2D eigenvalue weighted by molar-refractivity contribution is 6.36. The maximum absolute atomic E-state index is 11.6. The predicted molar refractivity (Wildman–Crippen MR) is 86.6 cm³/mol. The molecular formula is C15H20N4O5. The minimum atomic E-state index is -1.37. The Kier molecular flexibility index (Phi) is 7.37. The fourth-order valence-corrected chi connectivity index (χ4v) is 1.77. The molecule has 0 spiro atoms. The minimum Gasteiger partial charge on any atom is -0.481 e. The Labute approximate surface area is 138 Å². The van der Waals surface area contributed by atoms with Gasteiger partial charge >= 0.3 is 5.97 Å². The number of amidine groups is 1. The first-order valence-electron chi connectivity index (χ1n) is 7.21. The number of nitrogen functional groups attached to an aromatic ring is 1. The lowest BCUT2D eigenvalue weighted by Crippen LogP contribution is -2.39. The topological polar surface area (TPSA) is 166 Å². The van der Waals surface area contributed by atoms with Crippen LogP contribution in [0.3, 0.4) is 0 Å². The normalized spacial score (nSPS) is 11.4. The monoisotopic (exact) mass is 336 g/mol. The van der Waals surface area contributed by atoms with E-state index >= 15 is 0 Å². The molecule has 0 fully saturated rings. The second-order valence-corrected chi connectivity index (χ2v) is 5.01. The number of ketones is 1. The van der Waals surface area contributed by atoms with Crippen molar-refractivity contribution >= 4 is 29.2 Å². The lowest BCUT2D eigenvalue weighted by atomic mass is 10.2. The van der Waals surface area contributed by atoms with E-state index in [-0.39, 0.29) is 31.6 Å². The third-order valence-corrected chi connectivity index (χ3v) is 3.06. The van der Waals surface area contributed by atoms with E-state index in [4.69, 9.17) is 16.2 Å². The van der Waals surface area contributed by atoms with E-state index in [9.17, 15) is 19.5 Å². The molecule has 0 unspecified atom stereocenters. The van der Waals surface area contributed by atoms with E-state index in [1.54, 1.807) is 24.3 Å². The molecule has 0 aliphatic rings. The first-order valence-corrected chi connectivity index (χ1v) is 7.21. The van der Waals surface area contributed by atoms with E-state index in [0.29, 0.717) is 11.3 Å². The molecule has 130 valence electrons. The fraction of sp³-hybridized carbons (Fsp3) is 0.333. The molecule has 1 aromatic carbocycles. The van der Waals surface area contributed by atoms with Crippen LogP contribution >= 0.6 is 0 Å². The van der Waals surface area contributed by atoms with Crippen LogP contribution in [0, 0.1) is 5.41 Å². The third kappa shape index (κ3) is 6.88. The quantitative estimate of drug-likeness (QED) is 0.147. The predicted octanol–water partition coefficient (Wildman–Crippen LogP) is -0.359. The number of anilines is 1. The largest absolute Gasteiger partial charge is 0.481 e. The number of nitrogens with two attached hydrogens (primary N) is 1. The summed E-state index contributed by atoms with van der Waals surface area (Å²) in [6.07, 6.45) is -1.95. The standard InChI is InChI=1S/C15H20N4O5/c16-14(17)9-1-3-10(4-2-9)18-8-7-11(20)15(24)19-12(21)5-6-13(22)23/h1-4,12,18,21H,5-8H2,(H3,16,17)(H,19,24)(H,22,23)/t12-/m0/s1. The molecule has 0 saturated carbocycles. The summed E-state index contributed by atoms with van der Waals surface area (Å²) in [5.74, 6) is -2.83. The number of benzene rings is 1. The maximum atomic E-state index is 11.6. The Hall–Kier alpha value is -2.94. The van der Waals surface area contributed by atoms with Crippen LogP contribution in [-0.2, 0) is 14.4 Å². The molecule has 1 atom stereocenters. The van der Waals surface area contributed by atoms with Gasteiger partial charge in [-0.1, -0.05) is 0 Å². The van der Waals surface area contributed by atoms with Crippen molar-refractivity contribution < 1.29 is 24.6 Å². The van der Waals surface area contributed by atoms with Gasteiger partial charge in [0.15, 0.2) is 0 Å². The molecular weight excluding hydrogens is 316 g/mol. The number of nitrogens with one attached hydrogen (secondary N) is 3. The van der Waals surface area contributed by atoms with E-state index in [0.717, 1.165) is 0 Å². The Balaban J connectivity index is 2.33. The second-order valence-electron chi connectivity index (χ2n) is 5.01. The maximum Gasteiger partial charge on any atom is 0.303 e. The van der Waals surface area contributed by atoms with Crippen molar-refractivity contribution in [3.8, 4) is 0 Å². The van der Waals surface area contributed by atoms with E-state index in [1.165, 1.54) is 0 Å². The summed E-state index contributed by atoms with van der Waals surface area (Å²) < 4.78 is 0. The number of hydrogen-bond donors (Lipinski definition) is 6. The fourth-order valence-electron chi connectivity index (χ4n) is 1.77. The van der Waals surface area contributed by atoms with Gasteiger partial charge in [-0.15, -0.1) is 0 Å². The molecule has 0 saturated heterocycles. The molecule has 9 nitrogen and oxygen atoms in total. The summed E-state index contributed by atoms with van der Waals surface area (Å²) in [6, 6.07) is 6.68. The molecule has 0 aliphatic heterocycles. The Morgan fingerprint density at radius 2 is 1.79 bits per heavy atom. The number of hydrogen-bond acceptors (Lipinski definition) is 6. The Morgan fingerprint density at radius 3 is 2.33 bits per heavy atom.